The Balaban J connectivity index is 1.73. The van der Waals surface area contributed by atoms with Crippen molar-refractivity contribution < 1.29 is 18.7 Å². The van der Waals surface area contributed by atoms with Crippen molar-refractivity contribution in [3.63, 3.8) is 0 Å². The molecule has 3 rings (SSSR count). The van der Waals surface area contributed by atoms with Crippen LogP contribution in [0.2, 0.25) is 0 Å². The van der Waals surface area contributed by atoms with Crippen LogP contribution < -0.4 is 0 Å². The molecule has 2 aromatic carbocycles. The predicted octanol–water partition coefficient (Wildman–Crippen LogP) is 2.74. The zero-order chi connectivity index (χ0) is 15.5. The van der Waals surface area contributed by atoms with Crippen molar-refractivity contribution in [3.8, 4) is 0 Å². The Morgan fingerprint density at radius 1 is 1.09 bits per heavy atom. The monoisotopic (exact) mass is 298 g/mol. The van der Waals surface area contributed by atoms with Gasteiger partial charge in [0.1, 0.15) is 5.82 Å². The molecule has 3 aromatic rings. The molecule has 0 aliphatic rings. The summed E-state index contributed by atoms with van der Waals surface area (Å²) in [6.07, 6.45) is 0. The number of esters is 1. The number of Topliss-reactive ketones (excluding diaryl/α,β-unsaturated/α-hetero) is 1. The minimum Gasteiger partial charge on any atom is -0.452 e. The molecule has 0 unspecified atom stereocenters. The first-order valence-electron chi connectivity index (χ1n) is 6.55. The molecule has 0 radical (unpaired) electrons. The Labute approximate surface area is 124 Å². The van der Waals surface area contributed by atoms with Gasteiger partial charge in [0.15, 0.2) is 12.3 Å². The maximum absolute atomic E-state index is 13.5. The minimum atomic E-state index is -0.734. The second kappa shape index (κ2) is 5.77. The Bertz CT molecular complexity index is 857. The summed E-state index contributed by atoms with van der Waals surface area (Å²) in [5.41, 5.74) is 0.675. The summed E-state index contributed by atoms with van der Waals surface area (Å²) < 4.78 is 18.4. The summed E-state index contributed by atoms with van der Waals surface area (Å²) >= 11 is 0. The lowest BCUT2D eigenvalue weighted by molar-refractivity contribution is 0.0469. The van der Waals surface area contributed by atoms with Crippen molar-refractivity contribution in [2.24, 2.45) is 0 Å². The third kappa shape index (κ3) is 2.58. The standard InChI is InChI=1S/C16H11FN2O3/c17-12-7-3-1-5-10(12)14(20)9-22-16(21)15-11-6-2-4-8-13(11)18-19-15/h1-8H,9H2,(H,18,19). The summed E-state index contributed by atoms with van der Waals surface area (Å²) in [4.78, 5) is 23.8. The summed E-state index contributed by atoms with van der Waals surface area (Å²) in [6.45, 7) is -0.541. The zero-order valence-corrected chi connectivity index (χ0v) is 11.4. The number of hydrogen-bond acceptors (Lipinski definition) is 4. The van der Waals surface area contributed by atoms with Crippen LogP contribution in [0, 0.1) is 5.82 Å². The Hall–Kier alpha value is -3.02. The average Bonchev–Trinajstić information content (AvgIpc) is 2.97. The molecule has 1 aromatic heterocycles. The van der Waals surface area contributed by atoms with Gasteiger partial charge in [-0.15, -0.1) is 0 Å². The van der Waals surface area contributed by atoms with Gasteiger partial charge >= 0.3 is 5.97 Å². The highest BCUT2D eigenvalue weighted by molar-refractivity contribution is 6.04. The molecule has 0 saturated carbocycles. The molecule has 0 saturated heterocycles. The SMILES string of the molecule is O=C(COC(=O)c1n[nH]c2ccccc12)c1ccccc1F. The van der Waals surface area contributed by atoms with Gasteiger partial charge in [-0.05, 0) is 18.2 Å². The van der Waals surface area contributed by atoms with Crippen LogP contribution in [-0.2, 0) is 4.74 Å². The van der Waals surface area contributed by atoms with Crippen molar-refractivity contribution in [2.45, 2.75) is 0 Å². The van der Waals surface area contributed by atoms with Crippen LogP contribution in [0.1, 0.15) is 20.8 Å². The number of aromatic nitrogens is 2. The topological polar surface area (TPSA) is 72.1 Å². The van der Waals surface area contributed by atoms with Crippen molar-refractivity contribution in [3.05, 3.63) is 65.6 Å². The molecule has 6 heteroatoms. The molecule has 1 N–H and O–H groups in total. The van der Waals surface area contributed by atoms with Gasteiger partial charge in [-0.1, -0.05) is 30.3 Å². The van der Waals surface area contributed by atoms with Crippen molar-refractivity contribution in [2.75, 3.05) is 6.61 Å². The first-order chi connectivity index (χ1) is 10.7. The highest BCUT2D eigenvalue weighted by Crippen LogP contribution is 2.16. The van der Waals surface area contributed by atoms with E-state index in [9.17, 15) is 14.0 Å². The molecule has 0 amide bonds. The highest BCUT2D eigenvalue weighted by atomic mass is 19.1. The summed E-state index contributed by atoms with van der Waals surface area (Å²) in [7, 11) is 0. The van der Waals surface area contributed by atoms with E-state index < -0.39 is 24.2 Å². The van der Waals surface area contributed by atoms with Crippen LogP contribution in [0.25, 0.3) is 10.9 Å². The number of ketones is 1. The molecule has 0 aliphatic carbocycles. The molecule has 110 valence electrons. The average molecular weight is 298 g/mol. The summed E-state index contributed by atoms with van der Waals surface area (Å²) in [5.74, 6) is -1.98. The van der Waals surface area contributed by atoms with E-state index in [0.717, 1.165) is 0 Å². The van der Waals surface area contributed by atoms with Gasteiger partial charge < -0.3 is 4.74 Å². The molecule has 22 heavy (non-hydrogen) atoms. The van der Waals surface area contributed by atoms with E-state index in [-0.39, 0.29) is 11.3 Å². The largest absolute Gasteiger partial charge is 0.452 e. The number of nitrogens with zero attached hydrogens (tertiary/aromatic N) is 1. The number of benzene rings is 2. The number of carbonyl (C=O) groups excluding carboxylic acids is 2. The third-order valence-electron chi connectivity index (χ3n) is 3.17. The molecule has 0 bridgehead atoms. The molecular weight excluding hydrogens is 287 g/mol. The lowest BCUT2D eigenvalue weighted by atomic mass is 10.1. The molecule has 0 atom stereocenters. The van der Waals surface area contributed by atoms with E-state index in [1.807, 2.05) is 0 Å². The fraction of sp³-hybridized carbons (Fsp3) is 0.0625. The van der Waals surface area contributed by atoms with E-state index in [1.54, 1.807) is 30.3 Å². The fourth-order valence-corrected chi connectivity index (χ4v) is 2.08. The van der Waals surface area contributed by atoms with Crippen LogP contribution in [-0.4, -0.2) is 28.6 Å². The number of carbonyl (C=O) groups is 2. The number of nitrogens with one attached hydrogen (secondary N) is 1. The maximum Gasteiger partial charge on any atom is 0.359 e. The van der Waals surface area contributed by atoms with Crippen LogP contribution in [0.15, 0.2) is 48.5 Å². The molecule has 0 fully saturated rings. The predicted molar refractivity (Wildman–Crippen MR) is 77.1 cm³/mol. The molecule has 0 aliphatic heterocycles. The smallest absolute Gasteiger partial charge is 0.359 e. The Morgan fingerprint density at radius 3 is 2.64 bits per heavy atom. The summed E-state index contributed by atoms with van der Waals surface area (Å²) in [6, 6.07) is 12.6. The second-order valence-electron chi connectivity index (χ2n) is 4.60. The number of halogens is 1. The van der Waals surface area contributed by atoms with Crippen molar-refractivity contribution >= 4 is 22.7 Å². The van der Waals surface area contributed by atoms with Gasteiger partial charge in [0.2, 0.25) is 5.78 Å². The molecular formula is C16H11FN2O3. The molecule has 5 nitrogen and oxygen atoms in total. The third-order valence-corrected chi connectivity index (χ3v) is 3.17. The fourth-order valence-electron chi connectivity index (χ4n) is 2.08. The Kier molecular flexibility index (Phi) is 3.65. The number of H-pyrrole nitrogens is 1. The van der Waals surface area contributed by atoms with E-state index in [2.05, 4.69) is 10.2 Å². The van der Waals surface area contributed by atoms with Crippen molar-refractivity contribution in [1.82, 2.24) is 10.2 Å². The summed E-state index contributed by atoms with van der Waals surface area (Å²) in [5, 5.41) is 7.18. The molecule has 1 heterocycles. The van der Waals surface area contributed by atoms with Crippen LogP contribution in [0.5, 0.6) is 0 Å². The Morgan fingerprint density at radius 2 is 1.82 bits per heavy atom. The van der Waals surface area contributed by atoms with E-state index in [4.69, 9.17) is 4.74 Å². The number of para-hydroxylation sites is 1. The van der Waals surface area contributed by atoms with Crippen LogP contribution in [0.4, 0.5) is 4.39 Å². The first-order valence-corrected chi connectivity index (χ1v) is 6.55. The number of ether oxygens (including phenoxy) is 1. The lowest BCUT2D eigenvalue weighted by Gasteiger charge is -2.03. The van der Waals surface area contributed by atoms with Gasteiger partial charge in [-0.2, -0.15) is 5.10 Å². The number of hydrogen-bond donors (Lipinski definition) is 1. The quantitative estimate of drug-likeness (QED) is 0.594. The second-order valence-corrected chi connectivity index (χ2v) is 4.60. The van der Waals surface area contributed by atoms with Gasteiger partial charge in [-0.25, -0.2) is 9.18 Å². The number of fused-ring (bicyclic) bond motifs is 1. The normalized spacial score (nSPS) is 10.6. The minimum absolute atomic E-state index is 0.0944. The van der Waals surface area contributed by atoms with E-state index >= 15 is 0 Å². The first kappa shape index (κ1) is 13.9. The zero-order valence-electron chi connectivity index (χ0n) is 11.4. The van der Waals surface area contributed by atoms with Crippen LogP contribution in [0.3, 0.4) is 0 Å². The molecule has 0 spiro atoms. The van der Waals surface area contributed by atoms with Gasteiger partial charge in [0.25, 0.3) is 0 Å². The van der Waals surface area contributed by atoms with E-state index in [1.165, 1.54) is 18.2 Å². The van der Waals surface area contributed by atoms with Crippen molar-refractivity contribution in [1.29, 1.82) is 0 Å². The highest BCUT2D eigenvalue weighted by Gasteiger charge is 2.18. The maximum atomic E-state index is 13.5. The lowest BCUT2D eigenvalue weighted by Crippen LogP contribution is -2.15. The number of rotatable bonds is 4. The van der Waals surface area contributed by atoms with E-state index in [0.29, 0.717) is 10.9 Å². The van der Waals surface area contributed by atoms with Gasteiger partial charge in [-0.3, -0.25) is 9.89 Å². The number of aromatic amines is 1. The van der Waals surface area contributed by atoms with Crippen LogP contribution >= 0.6 is 0 Å². The van der Waals surface area contributed by atoms with Gasteiger partial charge in [0.05, 0.1) is 11.1 Å². The van der Waals surface area contributed by atoms with Gasteiger partial charge in [0, 0.05) is 5.39 Å².